The zero-order chi connectivity index (χ0) is 21.6. The highest BCUT2D eigenvalue weighted by Crippen LogP contribution is 2.40. The summed E-state index contributed by atoms with van der Waals surface area (Å²) in [6.07, 6.45) is 3.79. The van der Waals surface area contributed by atoms with E-state index in [4.69, 9.17) is 4.74 Å². The Morgan fingerprint density at radius 1 is 1.20 bits per heavy atom. The van der Waals surface area contributed by atoms with Gasteiger partial charge in [0.15, 0.2) is 0 Å². The number of benzene rings is 1. The van der Waals surface area contributed by atoms with Gasteiger partial charge in [-0.2, -0.15) is 0 Å². The van der Waals surface area contributed by atoms with Crippen molar-refractivity contribution in [2.75, 3.05) is 13.2 Å². The SMILES string of the molecule is CCOc1cc(C(=O)NCCc2ccc(CNC(=O)C3CCC(C)(C)C3)cc2)[nH]n1. The van der Waals surface area contributed by atoms with Gasteiger partial charge in [0.25, 0.3) is 5.91 Å². The van der Waals surface area contributed by atoms with Gasteiger partial charge in [0, 0.05) is 25.1 Å². The Bertz CT molecular complexity index is 858. The summed E-state index contributed by atoms with van der Waals surface area (Å²) in [5, 5.41) is 12.5. The number of nitrogens with zero attached hydrogens (tertiary/aromatic N) is 1. The number of aromatic amines is 1. The number of hydrogen-bond acceptors (Lipinski definition) is 4. The first-order valence-corrected chi connectivity index (χ1v) is 10.7. The quantitative estimate of drug-likeness (QED) is 0.589. The van der Waals surface area contributed by atoms with Gasteiger partial charge >= 0.3 is 0 Å². The second-order valence-electron chi connectivity index (χ2n) is 8.70. The van der Waals surface area contributed by atoms with E-state index in [2.05, 4.69) is 34.7 Å². The minimum atomic E-state index is -0.206. The van der Waals surface area contributed by atoms with Crippen molar-refractivity contribution in [1.82, 2.24) is 20.8 Å². The highest BCUT2D eigenvalue weighted by atomic mass is 16.5. The van der Waals surface area contributed by atoms with E-state index in [1.165, 1.54) is 0 Å². The summed E-state index contributed by atoms with van der Waals surface area (Å²) in [7, 11) is 0. The first-order valence-electron chi connectivity index (χ1n) is 10.7. The summed E-state index contributed by atoms with van der Waals surface area (Å²) in [6, 6.07) is 9.72. The molecule has 0 bridgehead atoms. The van der Waals surface area contributed by atoms with E-state index < -0.39 is 0 Å². The number of ether oxygens (including phenoxy) is 1. The molecule has 1 fully saturated rings. The molecule has 1 aromatic carbocycles. The minimum Gasteiger partial charge on any atom is -0.477 e. The van der Waals surface area contributed by atoms with Crippen molar-refractivity contribution in [2.24, 2.45) is 11.3 Å². The molecule has 3 rings (SSSR count). The number of H-pyrrole nitrogens is 1. The third-order valence-corrected chi connectivity index (χ3v) is 5.62. The first-order chi connectivity index (χ1) is 14.4. The first kappa shape index (κ1) is 21.9. The smallest absolute Gasteiger partial charge is 0.269 e. The molecule has 2 amide bonds. The number of carbonyl (C=O) groups is 2. The molecule has 0 saturated heterocycles. The van der Waals surface area contributed by atoms with Gasteiger partial charge in [-0.25, -0.2) is 0 Å². The maximum absolute atomic E-state index is 12.4. The van der Waals surface area contributed by atoms with Crippen LogP contribution in [0.4, 0.5) is 0 Å². The van der Waals surface area contributed by atoms with Gasteiger partial charge in [0.05, 0.1) is 6.61 Å². The van der Waals surface area contributed by atoms with E-state index in [1.807, 2.05) is 31.2 Å². The van der Waals surface area contributed by atoms with Crippen LogP contribution in [0.15, 0.2) is 30.3 Å². The van der Waals surface area contributed by atoms with Gasteiger partial charge in [-0.05, 0) is 49.1 Å². The fourth-order valence-electron chi connectivity index (χ4n) is 3.87. The zero-order valence-corrected chi connectivity index (χ0v) is 18.1. The molecule has 3 N–H and O–H groups in total. The standard InChI is InChI=1S/C23H32N4O3/c1-4-30-20-13-19(26-27-20)22(29)24-12-10-16-5-7-17(8-6-16)15-25-21(28)18-9-11-23(2,3)14-18/h5-8,13,18H,4,9-12,14-15H2,1-3H3,(H,24,29)(H,25,28)(H,26,27). The highest BCUT2D eigenvalue weighted by molar-refractivity contribution is 5.92. The molecule has 1 saturated carbocycles. The third-order valence-electron chi connectivity index (χ3n) is 5.62. The average Bonchev–Trinajstić information content (AvgIpc) is 3.33. The van der Waals surface area contributed by atoms with Gasteiger partial charge in [0.2, 0.25) is 11.8 Å². The van der Waals surface area contributed by atoms with Crippen LogP contribution in [0.5, 0.6) is 5.88 Å². The lowest BCUT2D eigenvalue weighted by molar-refractivity contribution is -0.125. The summed E-state index contributed by atoms with van der Waals surface area (Å²) in [5.41, 5.74) is 2.87. The maximum Gasteiger partial charge on any atom is 0.269 e. The minimum absolute atomic E-state index is 0.141. The summed E-state index contributed by atoms with van der Waals surface area (Å²) in [6.45, 7) is 7.90. The van der Waals surface area contributed by atoms with E-state index in [1.54, 1.807) is 6.07 Å². The summed E-state index contributed by atoms with van der Waals surface area (Å²) in [4.78, 5) is 24.5. The second-order valence-corrected chi connectivity index (χ2v) is 8.70. The zero-order valence-electron chi connectivity index (χ0n) is 18.1. The fourth-order valence-corrected chi connectivity index (χ4v) is 3.87. The van der Waals surface area contributed by atoms with Crippen molar-refractivity contribution in [3.8, 4) is 5.88 Å². The Morgan fingerprint density at radius 3 is 2.60 bits per heavy atom. The second kappa shape index (κ2) is 9.78. The summed E-state index contributed by atoms with van der Waals surface area (Å²) >= 11 is 0. The molecule has 1 aliphatic rings. The molecule has 7 nitrogen and oxygen atoms in total. The predicted molar refractivity (Wildman–Crippen MR) is 115 cm³/mol. The van der Waals surface area contributed by atoms with Gasteiger partial charge in [-0.1, -0.05) is 38.1 Å². The van der Waals surface area contributed by atoms with Crippen molar-refractivity contribution < 1.29 is 14.3 Å². The lowest BCUT2D eigenvalue weighted by Gasteiger charge is -2.17. The molecule has 1 aliphatic carbocycles. The van der Waals surface area contributed by atoms with Crippen molar-refractivity contribution >= 4 is 11.8 Å². The molecule has 162 valence electrons. The van der Waals surface area contributed by atoms with Gasteiger partial charge in [-0.3, -0.25) is 14.7 Å². The molecule has 1 heterocycles. The van der Waals surface area contributed by atoms with Crippen LogP contribution in [-0.4, -0.2) is 35.2 Å². The number of amides is 2. The molecule has 2 aromatic rings. The van der Waals surface area contributed by atoms with E-state index in [0.29, 0.717) is 31.3 Å². The van der Waals surface area contributed by atoms with Gasteiger partial charge in [0.1, 0.15) is 5.69 Å². The monoisotopic (exact) mass is 412 g/mol. The summed E-state index contributed by atoms with van der Waals surface area (Å²) < 4.78 is 5.25. The molecule has 30 heavy (non-hydrogen) atoms. The van der Waals surface area contributed by atoms with Crippen molar-refractivity contribution in [3.05, 3.63) is 47.2 Å². The third kappa shape index (κ3) is 6.08. The lowest BCUT2D eigenvalue weighted by atomic mass is 9.90. The molecular formula is C23H32N4O3. The largest absolute Gasteiger partial charge is 0.477 e. The molecule has 0 spiro atoms. The Hall–Kier alpha value is -2.83. The van der Waals surface area contributed by atoms with Crippen molar-refractivity contribution in [3.63, 3.8) is 0 Å². The van der Waals surface area contributed by atoms with Crippen LogP contribution in [0.3, 0.4) is 0 Å². The molecule has 0 aliphatic heterocycles. The molecule has 1 atom stereocenters. The Labute approximate surface area is 178 Å². The number of nitrogens with one attached hydrogen (secondary N) is 3. The molecule has 7 heteroatoms. The number of rotatable bonds is 9. The Kier molecular flexibility index (Phi) is 7.13. The Morgan fingerprint density at radius 2 is 1.93 bits per heavy atom. The fraction of sp³-hybridized carbons (Fsp3) is 0.522. The van der Waals surface area contributed by atoms with E-state index >= 15 is 0 Å². The normalized spacial score (nSPS) is 17.5. The van der Waals surface area contributed by atoms with Crippen LogP contribution in [0.2, 0.25) is 0 Å². The lowest BCUT2D eigenvalue weighted by Crippen LogP contribution is -2.29. The highest BCUT2D eigenvalue weighted by Gasteiger charge is 2.34. The number of carbonyl (C=O) groups excluding carboxylic acids is 2. The average molecular weight is 413 g/mol. The van der Waals surface area contributed by atoms with Gasteiger partial charge < -0.3 is 15.4 Å². The van der Waals surface area contributed by atoms with Crippen LogP contribution in [-0.2, 0) is 17.8 Å². The number of aromatic nitrogens is 2. The van der Waals surface area contributed by atoms with Crippen LogP contribution in [0.25, 0.3) is 0 Å². The van der Waals surface area contributed by atoms with E-state index in [9.17, 15) is 9.59 Å². The maximum atomic E-state index is 12.4. The van der Waals surface area contributed by atoms with E-state index in [0.717, 1.165) is 36.8 Å². The van der Waals surface area contributed by atoms with Crippen molar-refractivity contribution in [2.45, 2.75) is 53.0 Å². The molecule has 0 radical (unpaired) electrons. The van der Waals surface area contributed by atoms with Crippen LogP contribution in [0, 0.1) is 11.3 Å². The predicted octanol–water partition coefficient (Wildman–Crippen LogP) is 3.22. The molecule has 1 unspecified atom stereocenters. The Balaban J connectivity index is 1.39. The van der Waals surface area contributed by atoms with Crippen molar-refractivity contribution in [1.29, 1.82) is 0 Å². The molecular weight excluding hydrogens is 380 g/mol. The van der Waals surface area contributed by atoms with E-state index in [-0.39, 0.29) is 23.1 Å². The molecule has 1 aromatic heterocycles. The summed E-state index contributed by atoms with van der Waals surface area (Å²) in [5.74, 6) is 0.519. The van der Waals surface area contributed by atoms with Gasteiger partial charge in [-0.15, -0.1) is 5.10 Å². The van der Waals surface area contributed by atoms with Crippen LogP contribution >= 0.6 is 0 Å². The topological polar surface area (TPSA) is 96.1 Å². The van der Waals surface area contributed by atoms with Crippen LogP contribution in [0.1, 0.15) is 61.6 Å². The number of hydrogen-bond donors (Lipinski definition) is 3. The van der Waals surface area contributed by atoms with Crippen LogP contribution < -0.4 is 15.4 Å².